The van der Waals surface area contributed by atoms with E-state index in [9.17, 15) is 22.8 Å². The van der Waals surface area contributed by atoms with Crippen LogP contribution in [0.15, 0.2) is 59.5 Å². The molecule has 0 spiro atoms. The highest BCUT2D eigenvalue weighted by atomic mass is 19.1. The van der Waals surface area contributed by atoms with Gasteiger partial charge in [-0.2, -0.15) is 4.39 Å². The molecule has 1 N–H and O–H groups in total. The molecule has 5 rings (SSSR count). The van der Waals surface area contributed by atoms with E-state index in [1.807, 2.05) is 0 Å². The van der Waals surface area contributed by atoms with Crippen LogP contribution in [-0.2, 0) is 6.54 Å². The molecule has 0 atom stereocenters. The third-order valence-electron chi connectivity index (χ3n) is 6.17. The van der Waals surface area contributed by atoms with Gasteiger partial charge in [0.15, 0.2) is 0 Å². The van der Waals surface area contributed by atoms with E-state index in [0.29, 0.717) is 11.1 Å². The second-order valence-electron chi connectivity index (χ2n) is 8.35. The zero-order valence-corrected chi connectivity index (χ0v) is 18.2. The molecular formula is C26H20F3N3O2. The average molecular weight is 463 g/mol. The van der Waals surface area contributed by atoms with Crippen LogP contribution in [0.25, 0.3) is 16.5 Å². The van der Waals surface area contributed by atoms with Gasteiger partial charge in [-0.05, 0) is 61.1 Å². The summed E-state index contributed by atoms with van der Waals surface area (Å²) in [7, 11) is 0. The number of carbonyl (C=O) groups excluding carboxylic acids is 1. The molecule has 0 unspecified atom stereocenters. The first-order valence-corrected chi connectivity index (χ1v) is 10.9. The maximum absolute atomic E-state index is 14.8. The van der Waals surface area contributed by atoms with Crippen LogP contribution in [0.1, 0.15) is 45.9 Å². The monoisotopic (exact) mass is 463 g/mol. The van der Waals surface area contributed by atoms with Crippen molar-refractivity contribution in [2.75, 3.05) is 0 Å². The van der Waals surface area contributed by atoms with Crippen molar-refractivity contribution >= 4 is 16.7 Å². The van der Waals surface area contributed by atoms with Crippen LogP contribution in [0.4, 0.5) is 13.2 Å². The minimum absolute atomic E-state index is 0.0294. The summed E-state index contributed by atoms with van der Waals surface area (Å²) in [5, 5.41) is 2.56. The van der Waals surface area contributed by atoms with Gasteiger partial charge in [0, 0.05) is 23.8 Å². The minimum atomic E-state index is -0.927. The summed E-state index contributed by atoms with van der Waals surface area (Å²) >= 11 is 0. The smallest absolute Gasteiger partial charge is 0.266 e. The molecule has 8 heteroatoms. The van der Waals surface area contributed by atoms with Gasteiger partial charge >= 0.3 is 0 Å². The van der Waals surface area contributed by atoms with Crippen LogP contribution in [-0.4, -0.2) is 15.5 Å². The number of nitrogens with zero attached hydrogens (tertiary/aromatic N) is 2. The van der Waals surface area contributed by atoms with E-state index in [2.05, 4.69) is 10.3 Å². The van der Waals surface area contributed by atoms with Crippen molar-refractivity contribution < 1.29 is 18.0 Å². The summed E-state index contributed by atoms with van der Waals surface area (Å²) in [4.78, 5) is 30.1. The molecule has 0 bridgehead atoms. The second kappa shape index (κ2) is 8.44. The topological polar surface area (TPSA) is 64.0 Å². The van der Waals surface area contributed by atoms with Crippen LogP contribution >= 0.6 is 0 Å². The first kappa shape index (κ1) is 21.9. The van der Waals surface area contributed by atoms with Crippen LogP contribution in [0.3, 0.4) is 0 Å². The Bertz CT molecular complexity index is 1510. The molecule has 1 aliphatic rings. The van der Waals surface area contributed by atoms with E-state index < -0.39 is 23.2 Å². The van der Waals surface area contributed by atoms with Crippen molar-refractivity contribution in [1.82, 2.24) is 14.9 Å². The predicted molar refractivity (Wildman–Crippen MR) is 122 cm³/mol. The molecule has 2 aromatic carbocycles. The zero-order valence-electron chi connectivity index (χ0n) is 18.2. The molecule has 2 aromatic heterocycles. The normalized spacial score (nSPS) is 13.3. The number of hydrogen-bond donors (Lipinski definition) is 1. The standard InChI is InChI=1S/C26H20F3N3O2/c1-14-21(25(33)31-13-16-5-2-7-18(27)22(16)15-10-11-15)17-6-3-8-19(28)23(17)26(34)32(14)20-9-4-12-30-24(20)29/h2-9,12,15H,10-11,13H2,1H3,(H,31,33). The fourth-order valence-corrected chi connectivity index (χ4v) is 4.47. The molecule has 1 fully saturated rings. The summed E-state index contributed by atoms with van der Waals surface area (Å²) in [5.74, 6) is -2.50. The molecule has 5 nitrogen and oxygen atoms in total. The largest absolute Gasteiger partial charge is 0.348 e. The van der Waals surface area contributed by atoms with Gasteiger partial charge < -0.3 is 5.32 Å². The molecule has 0 saturated heterocycles. The minimum Gasteiger partial charge on any atom is -0.348 e. The first-order chi connectivity index (χ1) is 16.4. The van der Waals surface area contributed by atoms with E-state index in [4.69, 9.17) is 0 Å². The number of nitrogens with one attached hydrogen (secondary N) is 1. The number of aromatic nitrogens is 2. The Kier molecular flexibility index (Phi) is 5.43. The average Bonchev–Trinajstić information content (AvgIpc) is 3.64. The Morgan fingerprint density at radius 3 is 2.53 bits per heavy atom. The van der Waals surface area contributed by atoms with Crippen molar-refractivity contribution in [2.45, 2.75) is 32.2 Å². The molecule has 1 aliphatic carbocycles. The Labute approximate surface area is 192 Å². The third-order valence-corrected chi connectivity index (χ3v) is 6.17. The van der Waals surface area contributed by atoms with Gasteiger partial charge in [0.2, 0.25) is 5.95 Å². The van der Waals surface area contributed by atoms with Crippen molar-refractivity contribution in [3.63, 3.8) is 0 Å². The number of halogens is 3. The lowest BCUT2D eigenvalue weighted by Crippen LogP contribution is -2.30. The number of carbonyl (C=O) groups is 1. The van der Waals surface area contributed by atoms with Crippen LogP contribution in [0.2, 0.25) is 0 Å². The van der Waals surface area contributed by atoms with Gasteiger partial charge in [-0.25, -0.2) is 13.8 Å². The van der Waals surface area contributed by atoms with Crippen molar-refractivity contribution in [3.05, 3.63) is 105 Å². The van der Waals surface area contributed by atoms with Gasteiger partial charge in [0.25, 0.3) is 11.5 Å². The fraction of sp³-hybridized carbons (Fsp3) is 0.192. The summed E-state index contributed by atoms with van der Waals surface area (Å²) in [6.45, 7) is 1.55. The van der Waals surface area contributed by atoms with Crippen molar-refractivity contribution in [1.29, 1.82) is 0 Å². The zero-order chi connectivity index (χ0) is 24.0. The number of rotatable bonds is 5. The highest BCUT2D eigenvalue weighted by molar-refractivity contribution is 6.08. The van der Waals surface area contributed by atoms with Gasteiger partial charge in [-0.15, -0.1) is 0 Å². The predicted octanol–water partition coefficient (Wildman–Crippen LogP) is 4.92. The molecule has 2 heterocycles. The molecule has 172 valence electrons. The quantitative estimate of drug-likeness (QED) is 0.428. The molecule has 1 amide bonds. The van der Waals surface area contributed by atoms with Crippen LogP contribution in [0.5, 0.6) is 0 Å². The highest BCUT2D eigenvalue weighted by Crippen LogP contribution is 2.43. The third kappa shape index (κ3) is 3.65. The lowest BCUT2D eigenvalue weighted by atomic mass is 10.0. The van der Waals surface area contributed by atoms with Gasteiger partial charge in [0.1, 0.15) is 17.3 Å². The van der Waals surface area contributed by atoms with Gasteiger partial charge in [0.05, 0.1) is 10.9 Å². The van der Waals surface area contributed by atoms with Crippen molar-refractivity contribution in [3.8, 4) is 5.69 Å². The second-order valence-corrected chi connectivity index (χ2v) is 8.35. The fourth-order valence-electron chi connectivity index (χ4n) is 4.47. The summed E-state index contributed by atoms with van der Waals surface area (Å²) < 4.78 is 44.6. The lowest BCUT2D eigenvalue weighted by Gasteiger charge is -2.18. The molecule has 0 aliphatic heterocycles. The molecule has 0 radical (unpaired) electrons. The summed E-state index contributed by atoms with van der Waals surface area (Å²) in [6, 6.07) is 11.5. The van der Waals surface area contributed by atoms with Crippen molar-refractivity contribution in [2.24, 2.45) is 0 Å². The first-order valence-electron chi connectivity index (χ1n) is 10.9. The van der Waals surface area contributed by atoms with Gasteiger partial charge in [-0.1, -0.05) is 24.3 Å². The number of hydrogen-bond acceptors (Lipinski definition) is 3. The Morgan fingerprint density at radius 1 is 1.06 bits per heavy atom. The molecule has 34 heavy (non-hydrogen) atoms. The Balaban J connectivity index is 1.63. The number of fused-ring (bicyclic) bond motifs is 1. The van der Waals surface area contributed by atoms with Crippen LogP contribution in [0, 0.1) is 24.5 Å². The Morgan fingerprint density at radius 2 is 1.79 bits per heavy atom. The highest BCUT2D eigenvalue weighted by Gasteiger charge is 2.29. The summed E-state index contributed by atoms with van der Waals surface area (Å²) in [5.41, 5.74) is 0.435. The number of pyridine rings is 2. The van der Waals surface area contributed by atoms with Crippen LogP contribution < -0.4 is 10.9 Å². The molecular weight excluding hydrogens is 443 g/mol. The van der Waals surface area contributed by atoms with E-state index in [1.54, 1.807) is 12.1 Å². The lowest BCUT2D eigenvalue weighted by molar-refractivity contribution is 0.0951. The van der Waals surface area contributed by atoms with E-state index in [-0.39, 0.29) is 46.0 Å². The summed E-state index contributed by atoms with van der Waals surface area (Å²) in [6.07, 6.45) is 3.02. The van der Waals surface area contributed by atoms with E-state index in [1.165, 1.54) is 43.5 Å². The molecule has 1 saturated carbocycles. The Hall–Kier alpha value is -3.94. The van der Waals surface area contributed by atoms with Gasteiger partial charge in [-0.3, -0.25) is 14.2 Å². The molecule has 4 aromatic rings. The van der Waals surface area contributed by atoms with E-state index in [0.717, 1.165) is 23.5 Å². The maximum Gasteiger partial charge on any atom is 0.266 e. The number of amides is 1. The SMILES string of the molecule is Cc1c(C(=O)NCc2cccc(F)c2C2CC2)c2cccc(F)c2c(=O)n1-c1cccnc1F. The van der Waals surface area contributed by atoms with E-state index >= 15 is 0 Å². The number of benzene rings is 2. The maximum atomic E-state index is 14.8.